The number of fused-ring (bicyclic) bond motifs is 1. The maximum atomic E-state index is 12.6. The van der Waals surface area contributed by atoms with Crippen LogP contribution < -0.4 is 5.32 Å². The first-order valence-corrected chi connectivity index (χ1v) is 10.6. The Bertz CT molecular complexity index is 1180. The van der Waals surface area contributed by atoms with Crippen LogP contribution in [0, 0.1) is 0 Å². The Morgan fingerprint density at radius 3 is 2.58 bits per heavy atom. The number of oxazole rings is 1. The average Bonchev–Trinajstić information content (AvgIpc) is 3.47. The van der Waals surface area contributed by atoms with E-state index in [9.17, 15) is 4.79 Å². The van der Waals surface area contributed by atoms with E-state index in [-0.39, 0.29) is 5.91 Å². The van der Waals surface area contributed by atoms with Gasteiger partial charge in [-0.05, 0) is 38.1 Å². The van der Waals surface area contributed by atoms with Gasteiger partial charge >= 0.3 is 0 Å². The van der Waals surface area contributed by atoms with Crippen molar-refractivity contribution in [2.24, 2.45) is 0 Å². The summed E-state index contributed by atoms with van der Waals surface area (Å²) in [6.07, 6.45) is 6.41. The third kappa shape index (κ3) is 4.46. The molecule has 0 atom stereocenters. The first-order valence-electron chi connectivity index (χ1n) is 10.6. The number of likely N-dealkylation sites (tertiary alicyclic amines) is 1. The molecule has 1 N–H and O–H groups in total. The van der Waals surface area contributed by atoms with E-state index >= 15 is 0 Å². The molecule has 5 rings (SSSR count). The first kappa shape index (κ1) is 19.4. The Morgan fingerprint density at radius 2 is 1.81 bits per heavy atom. The Labute approximate surface area is 180 Å². The maximum absolute atomic E-state index is 12.6. The van der Waals surface area contributed by atoms with Crippen LogP contribution in [0.3, 0.4) is 0 Å². The number of nitrogens with zero attached hydrogens (tertiary/aromatic N) is 4. The van der Waals surface area contributed by atoms with Crippen molar-refractivity contribution < 1.29 is 9.21 Å². The highest BCUT2D eigenvalue weighted by Crippen LogP contribution is 2.22. The topological polar surface area (TPSA) is 84.2 Å². The fourth-order valence-corrected chi connectivity index (χ4v) is 3.80. The number of nitrogens with one attached hydrogen (secondary N) is 1. The molecular formula is C24H23N5O2. The molecule has 0 radical (unpaired) electrons. The van der Waals surface area contributed by atoms with E-state index in [0.717, 1.165) is 43.0 Å². The number of carbonyl (C=O) groups is 1. The SMILES string of the molecule is O=C(Nc1ccc2nc(CCN3CCCC3)oc2c1)c1cnc(-c2ccccc2)nc1. The van der Waals surface area contributed by atoms with Gasteiger partial charge in [0.1, 0.15) is 5.52 Å². The number of benzene rings is 2. The largest absolute Gasteiger partial charge is 0.441 e. The van der Waals surface area contributed by atoms with Crippen LogP contribution in [0.2, 0.25) is 0 Å². The van der Waals surface area contributed by atoms with E-state index in [4.69, 9.17) is 4.42 Å². The zero-order chi connectivity index (χ0) is 21.0. The molecule has 1 aliphatic heterocycles. The van der Waals surface area contributed by atoms with Crippen molar-refractivity contribution in [2.45, 2.75) is 19.3 Å². The standard InChI is InChI=1S/C24H23N5O2/c30-24(18-15-25-23(26-16-18)17-6-2-1-3-7-17)27-19-8-9-20-21(14-19)31-22(28-20)10-13-29-11-4-5-12-29/h1-3,6-9,14-16H,4-5,10-13H2,(H,27,30). The van der Waals surface area contributed by atoms with E-state index in [1.807, 2.05) is 42.5 Å². The molecule has 1 fully saturated rings. The van der Waals surface area contributed by atoms with E-state index < -0.39 is 0 Å². The molecule has 2 aromatic carbocycles. The number of anilines is 1. The van der Waals surface area contributed by atoms with Gasteiger partial charge in [0.05, 0.1) is 5.56 Å². The van der Waals surface area contributed by atoms with Crippen LogP contribution in [-0.2, 0) is 6.42 Å². The second-order valence-electron chi connectivity index (χ2n) is 7.70. The van der Waals surface area contributed by atoms with Crippen LogP contribution >= 0.6 is 0 Å². The molecule has 1 saturated heterocycles. The second-order valence-corrected chi connectivity index (χ2v) is 7.70. The molecule has 3 heterocycles. The lowest BCUT2D eigenvalue weighted by molar-refractivity contribution is 0.102. The Balaban J connectivity index is 1.25. The van der Waals surface area contributed by atoms with Crippen molar-refractivity contribution in [3.8, 4) is 11.4 Å². The number of amides is 1. The van der Waals surface area contributed by atoms with Crippen molar-refractivity contribution in [1.82, 2.24) is 19.9 Å². The minimum atomic E-state index is -0.271. The van der Waals surface area contributed by atoms with Gasteiger partial charge in [0.15, 0.2) is 17.3 Å². The molecule has 0 spiro atoms. The predicted octanol–water partition coefficient (Wildman–Crippen LogP) is 4.18. The predicted molar refractivity (Wildman–Crippen MR) is 119 cm³/mol. The van der Waals surface area contributed by atoms with Crippen LogP contribution in [0.1, 0.15) is 29.1 Å². The van der Waals surface area contributed by atoms with Gasteiger partial charge in [-0.2, -0.15) is 0 Å². The van der Waals surface area contributed by atoms with Crippen molar-refractivity contribution in [2.75, 3.05) is 25.0 Å². The highest BCUT2D eigenvalue weighted by atomic mass is 16.3. The zero-order valence-electron chi connectivity index (χ0n) is 17.1. The Morgan fingerprint density at radius 1 is 1.03 bits per heavy atom. The van der Waals surface area contributed by atoms with Crippen molar-refractivity contribution >= 4 is 22.7 Å². The minimum Gasteiger partial charge on any atom is -0.441 e. The van der Waals surface area contributed by atoms with Gasteiger partial charge in [0, 0.05) is 42.7 Å². The molecule has 7 nitrogen and oxygen atoms in total. The molecule has 4 aromatic rings. The second kappa shape index (κ2) is 8.65. The molecule has 156 valence electrons. The number of carbonyl (C=O) groups excluding carboxylic acids is 1. The molecule has 1 aliphatic rings. The lowest BCUT2D eigenvalue weighted by Crippen LogP contribution is -2.21. The number of aromatic nitrogens is 3. The molecule has 31 heavy (non-hydrogen) atoms. The van der Waals surface area contributed by atoms with E-state index in [1.165, 1.54) is 25.2 Å². The van der Waals surface area contributed by atoms with Crippen molar-refractivity contribution in [1.29, 1.82) is 0 Å². The molecule has 0 saturated carbocycles. The summed E-state index contributed by atoms with van der Waals surface area (Å²) in [5.74, 6) is 1.05. The van der Waals surface area contributed by atoms with Crippen LogP contribution in [0.5, 0.6) is 0 Å². The molecule has 7 heteroatoms. The summed E-state index contributed by atoms with van der Waals surface area (Å²) < 4.78 is 5.91. The third-order valence-corrected chi connectivity index (χ3v) is 5.48. The van der Waals surface area contributed by atoms with Crippen LogP contribution in [0.15, 0.2) is 65.3 Å². The number of rotatable bonds is 6. The lowest BCUT2D eigenvalue weighted by atomic mass is 10.2. The van der Waals surface area contributed by atoms with Gasteiger partial charge in [0.25, 0.3) is 5.91 Å². The summed E-state index contributed by atoms with van der Waals surface area (Å²) in [6.45, 7) is 3.29. The van der Waals surface area contributed by atoms with Crippen LogP contribution in [0.25, 0.3) is 22.5 Å². The van der Waals surface area contributed by atoms with Crippen molar-refractivity contribution in [3.63, 3.8) is 0 Å². The number of hydrogen-bond acceptors (Lipinski definition) is 6. The maximum Gasteiger partial charge on any atom is 0.258 e. The van der Waals surface area contributed by atoms with Gasteiger partial charge < -0.3 is 14.6 Å². The van der Waals surface area contributed by atoms with Crippen molar-refractivity contribution in [3.05, 3.63) is 72.4 Å². The number of hydrogen-bond donors (Lipinski definition) is 1. The fraction of sp³-hybridized carbons (Fsp3) is 0.250. The van der Waals surface area contributed by atoms with Crippen LogP contribution in [-0.4, -0.2) is 45.4 Å². The molecule has 0 unspecified atom stereocenters. The summed E-state index contributed by atoms with van der Waals surface area (Å²) in [7, 11) is 0. The normalized spacial score (nSPS) is 14.2. The van der Waals surface area contributed by atoms with Gasteiger partial charge in [-0.1, -0.05) is 30.3 Å². The summed E-state index contributed by atoms with van der Waals surface area (Å²) >= 11 is 0. The molecule has 0 aliphatic carbocycles. The smallest absolute Gasteiger partial charge is 0.258 e. The lowest BCUT2D eigenvalue weighted by Gasteiger charge is -2.12. The quantitative estimate of drug-likeness (QED) is 0.511. The van der Waals surface area contributed by atoms with Gasteiger partial charge in [-0.15, -0.1) is 0 Å². The van der Waals surface area contributed by atoms with E-state index in [0.29, 0.717) is 22.7 Å². The molecule has 2 aromatic heterocycles. The summed E-state index contributed by atoms with van der Waals surface area (Å²) in [5.41, 5.74) is 3.41. The third-order valence-electron chi connectivity index (χ3n) is 5.48. The molecule has 1 amide bonds. The summed E-state index contributed by atoms with van der Waals surface area (Å²) in [4.78, 5) is 28.2. The molecular weight excluding hydrogens is 390 g/mol. The monoisotopic (exact) mass is 413 g/mol. The van der Waals surface area contributed by atoms with E-state index in [2.05, 4.69) is 25.2 Å². The first-order chi connectivity index (χ1) is 15.2. The van der Waals surface area contributed by atoms with Gasteiger partial charge in [-0.3, -0.25) is 4.79 Å². The molecule has 0 bridgehead atoms. The highest BCUT2D eigenvalue weighted by Gasteiger charge is 2.14. The van der Waals surface area contributed by atoms with Gasteiger partial charge in [0.2, 0.25) is 0 Å². The van der Waals surface area contributed by atoms with Crippen LogP contribution in [0.4, 0.5) is 5.69 Å². The highest BCUT2D eigenvalue weighted by molar-refractivity contribution is 6.04. The minimum absolute atomic E-state index is 0.271. The zero-order valence-corrected chi connectivity index (χ0v) is 17.1. The average molecular weight is 413 g/mol. The Kier molecular flexibility index (Phi) is 5.41. The summed E-state index contributed by atoms with van der Waals surface area (Å²) in [5, 5.41) is 2.88. The van der Waals surface area contributed by atoms with E-state index in [1.54, 1.807) is 6.07 Å². The summed E-state index contributed by atoms with van der Waals surface area (Å²) in [6, 6.07) is 15.1. The Hall–Kier alpha value is -3.58. The fourth-order valence-electron chi connectivity index (χ4n) is 3.80. The van der Waals surface area contributed by atoms with Gasteiger partial charge in [-0.25, -0.2) is 15.0 Å².